The van der Waals surface area contributed by atoms with Crippen molar-refractivity contribution in [3.8, 4) is 5.75 Å². The van der Waals surface area contributed by atoms with Crippen molar-refractivity contribution in [1.82, 2.24) is 15.0 Å². The number of anilines is 1. The molecule has 0 aliphatic carbocycles. The zero-order chi connectivity index (χ0) is 19.4. The maximum atomic E-state index is 13.8. The number of amides is 1. The summed E-state index contributed by atoms with van der Waals surface area (Å²) < 4.78 is 23.8. The maximum Gasteiger partial charge on any atom is 0.243 e. The molecule has 0 bridgehead atoms. The molecule has 1 aromatic carbocycles. The van der Waals surface area contributed by atoms with Crippen LogP contribution < -0.4 is 10.1 Å². The number of ether oxygens (including phenoxy) is 1. The van der Waals surface area contributed by atoms with Crippen LogP contribution >= 0.6 is 0 Å². The van der Waals surface area contributed by atoms with Crippen molar-refractivity contribution in [3.63, 3.8) is 0 Å². The topological polar surface area (TPSA) is 70.8 Å². The number of nitrogens with one attached hydrogen (secondary N) is 1. The fraction of sp³-hybridized carbons (Fsp3) is 0.474. The second kappa shape index (κ2) is 8.49. The van der Waals surface area contributed by atoms with E-state index in [2.05, 4.69) is 20.3 Å². The predicted octanol–water partition coefficient (Wildman–Crippen LogP) is 2.28. The smallest absolute Gasteiger partial charge is 0.243 e. The van der Waals surface area contributed by atoms with Crippen LogP contribution in [0.3, 0.4) is 0 Å². The van der Waals surface area contributed by atoms with Crippen molar-refractivity contribution in [2.75, 3.05) is 38.6 Å². The zero-order valence-electron chi connectivity index (χ0n) is 15.9. The monoisotopic (exact) mass is 376 g/mol. The second-order valence-electron chi connectivity index (χ2n) is 6.78. The third-order valence-corrected chi connectivity index (χ3v) is 4.83. The Labute approximate surface area is 158 Å². The highest BCUT2D eigenvalue weighted by molar-refractivity contribution is 5.93. The fourth-order valence-corrected chi connectivity index (χ4v) is 3.19. The summed E-state index contributed by atoms with van der Waals surface area (Å²) in [6, 6.07) is 6.47. The van der Waals surface area contributed by atoms with E-state index < -0.39 is 0 Å². The van der Waals surface area contributed by atoms with E-state index in [1.807, 2.05) is 13.0 Å². The number of hydrogen-bond donors (Lipinski definition) is 1. The molecule has 8 heteroatoms. The molecule has 1 saturated heterocycles. The van der Waals surface area contributed by atoms with Crippen molar-refractivity contribution in [2.24, 2.45) is 0 Å². The van der Waals surface area contributed by atoms with E-state index in [4.69, 9.17) is 9.26 Å². The highest BCUT2D eigenvalue weighted by Crippen LogP contribution is 2.19. The number of benzene rings is 1. The number of carbonyl (C=O) groups is 1. The van der Waals surface area contributed by atoms with Crippen LogP contribution in [-0.2, 0) is 11.3 Å². The van der Waals surface area contributed by atoms with Crippen LogP contribution in [0.1, 0.15) is 18.2 Å². The minimum absolute atomic E-state index is 0.114. The van der Waals surface area contributed by atoms with Gasteiger partial charge in [0.2, 0.25) is 11.8 Å². The van der Waals surface area contributed by atoms with Gasteiger partial charge in [0.1, 0.15) is 0 Å². The summed E-state index contributed by atoms with van der Waals surface area (Å²) in [5.41, 5.74) is 1.63. The van der Waals surface area contributed by atoms with Crippen LogP contribution in [0.2, 0.25) is 0 Å². The molecule has 3 rings (SSSR count). The number of carbonyl (C=O) groups excluding carboxylic acids is 1. The molecule has 1 fully saturated rings. The third-order valence-electron chi connectivity index (χ3n) is 4.83. The van der Waals surface area contributed by atoms with E-state index in [1.54, 1.807) is 19.1 Å². The average molecular weight is 376 g/mol. The molecule has 1 unspecified atom stereocenters. The normalized spacial score (nSPS) is 16.9. The first-order chi connectivity index (χ1) is 13.0. The van der Waals surface area contributed by atoms with Gasteiger partial charge in [0, 0.05) is 38.8 Å². The molecule has 2 aromatic rings. The van der Waals surface area contributed by atoms with Gasteiger partial charge in [0.05, 0.1) is 18.8 Å². The van der Waals surface area contributed by atoms with Gasteiger partial charge in [-0.2, -0.15) is 0 Å². The number of hydrogen-bond acceptors (Lipinski definition) is 6. The van der Waals surface area contributed by atoms with Gasteiger partial charge < -0.3 is 9.26 Å². The molecule has 1 aromatic heterocycles. The standard InChI is InChI=1S/C19H25FN4O3/c1-13-10-18(27-22-13)21-19(25)14(2)24-8-6-23(7-9-24)12-15-4-5-17(26-3)16(20)11-15/h4-5,10-11,14H,6-9,12H2,1-3H3,(H,21,25). The number of piperazine rings is 1. The lowest BCUT2D eigenvalue weighted by Crippen LogP contribution is -2.52. The van der Waals surface area contributed by atoms with Gasteiger partial charge in [-0.05, 0) is 31.5 Å². The van der Waals surface area contributed by atoms with E-state index in [1.165, 1.54) is 13.2 Å². The zero-order valence-corrected chi connectivity index (χ0v) is 15.9. The number of rotatable bonds is 6. The first kappa shape index (κ1) is 19.3. The molecule has 146 valence electrons. The highest BCUT2D eigenvalue weighted by Gasteiger charge is 2.26. The van der Waals surface area contributed by atoms with E-state index in [9.17, 15) is 9.18 Å². The first-order valence-corrected chi connectivity index (χ1v) is 8.99. The number of methoxy groups -OCH3 is 1. The Balaban J connectivity index is 1.49. The Morgan fingerprint density at radius 3 is 2.67 bits per heavy atom. The van der Waals surface area contributed by atoms with Crippen LogP contribution in [-0.4, -0.2) is 60.2 Å². The SMILES string of the molecule is COc1ccc(CN2CCN(C(C)C(=O)Nc3cc(C)no3)CC2)cc1F. The van der Waals surface area contributed by atoms with Crippen molar-refractivity contribution in [1.29, 1.82) is 0 Å². The van der Waals surface area contributed by atoms with Crippen LogP contribution in [0, 0.1) is 12.7 Å². The Morgan fingerprint density at radius 1 is 1.33 bits per heavy atom. The molecule has 0 saturated carbocycles. The molecular weight excluding hydrogens is 351 g/mol. The first-order valence-electron chi connectivity index (χ1n) is 8.99. The number of nitrogens with zero attached hydrogens (tertiary/aromatic N) is 3. The molecule has 1 atom stereocenters. The third kappa shape index (κ3) is 4.84. The molecule has 0 radical (unpaired) electrons. The van der Waals surface area contributed by atoms with Gasteiger partial charge in [0.15, 0.2) is 11.6 Å². The van der Waals surface area contributed by atoms with Crippen LogP contribution in [0.4, 0.5) is 10.3 Å². The molecule has 1 aliphatic rings. The molecule has 1 aliphatic heterocycles. The summed E-state index contributed by atoms with van der Waals surface area (Å²) in [5, 5.41) is 6.51. The van der Waals surface area contributed by atoms with Gasteiger partial charge in [-0.1, -0.05) is 11.2 Å². The summed E-state index contributed by atoms with van der Waals surface area (Å²) in [7, 11) is 1.46. The van der Waals surface area contributed by atoms with Crippen molar-refractivity contribution >= 4 is 11.8 Å². The Bertz CT molecular complexity index is 787. The lowest BCUT2D eigenvalue weighted by molar-refractivity contribution is -0.121. The minimum Gasteiger partial charge on any atom is -0.494 e. The Morgan fingerprint density at radius 2 is 2.07 bits per heavy atom. The summed E-state index contributed by atoms with van der Waals surface area (Å²) >= 11 is 0. The average Bonchev–Trinajstić information content (AvgIpc) is 3.06. The van der Waals surface area contributed by atoms with Gasteiger partial charge >= 0.3 is 0 Å². The number of halogens is 1. The maximum absolute atomic E-state index is 13.8. The largest absolute Gasteiger partial charge is 0.494 e. The molecule has 7 nitrogen and oxygen atoms in total. The Hall–Kier alpha value is -2.45. The summed E-state index contributed by atoms with van der Waals surface area (Å²) in [4.78, 5) is 16.8. The van der Waals surface area contributed by atoms with Crippen LogP contribution in [0.25, 0.3) is 0 Å². The molecule has 0 spiro atoms. The van der Waals surface area contributed by atoms with Gasteiger partial charge in [-0.3, -0.25) is 19.9 Å². The van der Waals surface area contributed by atoms with Crippen LogP contribution in [0.5, 0.6) is 5.75 Å². The molecule has 1 N–H and O–H groups in total. The van der Waals surface area contributed by atoms with E-state index in [0.29, 0.717) is 12.4 Å². The molecule has 27 heavy (non-hydrogen) atoms. The van der Waals surface area contributed by atoms with Crippen LogP contribution in [0.15, 0.2) is 28.8 Å². The fourth-order valence-electron chi connectivity index (χ4n) is 3.19. The van der Waals surface area contributed by atoms with Gasteiger partial charge in [-0.25, -0.2) is 4.39 Å². The number of aromatic nitrogens is 1. The summed E-state index contributed by atoms with van der Waals surface area (Å²) in [5.74, 6) is 0.160. The van der Waals surface area contributed by atoms with Gasteiger partial charge in [-0.15, -0.1) is 0 Å². The summed E-state index contributed by atoms with van der Waals surface area (Å²) in [6.07, 6.45) is 0. The van der Waals surface area contributed by atoms with E-state index in [-0.39, 0.29) is 23.5 Å². The predicted molar refractivity (Wildman–Crippen MR) is 99.1 cm³/mol. The van der Waals surface area contributed by atoms with E-state index >= 15 is 0 Å². The lowest BCUT2D eigenvalue weighted by Gasteiger charge is -2.37. The quantitative estimate of drug-likeness (QED) is 0.834. The van der Waals surface area contributed by atoms with Crippen molar-refractivity contribution in [3.05, 3.63) is 41.3 Å². The highest BCUT2D eigenvalue weighted by atomic mass is 19.1. The minimum atomic E-state index is -0.346. The van der Waals surface area contributed by atoms with Gasteiger partial charge in [0.25, 0.3) is 0 Å². The van der Waals surface area contributed by atoms with Crippen molar-refractivity contribution < 1.29 is 18.4 Å². The summed E-state index contributed by atoms with van der Waals surface area (Å²) in [6.45, 7) is 7.51. The van der Waals surface area contributed by atoms with E-state index in [0.717, 1.165) is 37.4 Å². The second-order valence-corrected chi connectivity index (χ2v) is 6.78. The Kier molecular flexibility index (Phi) is 6.08. The molecular formula is C19H25FN4O3. The lowest BCUT2D eigenvalue weighted by atomic mass is 10.1. The molecule has 2 heterocycles. The molecule has 1 amide bonds. The van der Waals surface area contributed by atoms with Crippen molar-refractivity contribution in [2.45, 2.75) is 26.4 Å². The number of aryl methyl sites for hydroxylation is 1.